The van der Waals surface area contributed by atoms with Crippen molar-refractivity contribution in [3.63, 3.8) is 0 Å². The first-order valence-electron chi connectivity index (χ1n) is 10.2. The predicted molar refractivity (Wildman–Crippen MR) is 110 cm³/mol. The quantitative estimate of drug-likeness (QED) is 0.631. The number of aromatic nitrogens is 6. The zero-order valence-corrected chi connectivity index (χ0v) is 16.6. The average molecular weight is 395 g/mol. The van der Waals surface area contributed by atoms with E-state index in [9.17, 15) is 0 Å². The molecule has 10 heteroatoms. The minimum absolute atomic E-state index is 0.660. The maximum absolute atomic E-state index is 5.45. The van der Waals surface area contributed by atoms with Crippen LogP contribution in [0.4, 0.5) is 17.5 Å². The fourth-order valence-electron chi connectivity index (χ4n) is 3.89. The van der Waals surface area contributed by atoms with E-state index in [0.29, 0.717) is 5.78 Å². The topological polar surface area (TPSA) is 87.8 Å². The van der Waals surface area contributed by atoms with Gasteiger partial charge in [-0.25, -0.2) is 15.0 Å². The van der Waals surface area contributed by atoms with Gasteiger partial charge in [0.05, 0.1) is 13.2 Å². The average Bonchev–Trinajstić information content (AvgIpc) is 3.28. The summed E-state index contributed by atoms with van der Waals surface area (Å²) in [5.74, 6) is 3.68. The molecule has 0 atom stereocenters. The van der Waals surface area contributed by atoms with E-state index in [1.54, 1.807) is 12.7 Å². The summed E-state index contributed by atoms with van der Waals surface area (Å²) < 4.78 is 7.28. The molecule has 5 heterocycles. The predicted octanol–water partition coefficient (Wildman–Crippen LogP) is 0.640. The van der Waals surface area contributed by atoms with Crippen molar-refractivity contribution in [1.82, 2.24) is 29.5 Å². The second kappa shape index (κ2) is 7.78. The van der Waals surface area contributed by atoms with Gasteiger partial charge in [0.1, 0.15) is 30.1 Å². The molecule has 2 aliphatic heterocycles. The highest BCUT2D eigenvalue weighted by Gasteiger charge is 2.22. The third-order valence-corrected chi connectivity index (χ3v) is 5.55. The highest BCUT2D eigenvalue weighted by Crippen LogP contribution is 2.23. The molecule has 152 valence electrons. The van der Waals surface area contributed by atoms with Gasteiger partial charge in [-0.3, -0.25) is 0 Å². The fourth-order valence-corrected chi connectivity index (χ4v) is 3.89. The van der Waals surface area contributed by atoms with Crippen molar-refractivity contribution in [2.24, 2.45) is 0 Å². The number of morpholine rings is 1. The lowest BCUT2D eigenvalue weighted by molar-refractivity contribution is 0.122. The van der Waals surface area contributed by atoms with Crippen molar-refractivity contribution >= 4 is 23.2 Å². The van der Waals surface area contributed by atoms with E-state index in [1.165, 1.54) is 0 Å². The number of fused-ring (bicyclic) bond motifs is 1. The third-order valence-electron chi connectivity index (χ3n) is 5.55. The molecular weight excluding hydrogens is 370 g/mol. The summed E-state index contributed by atoms with van der Waals surface area (Å²) in [5.41, 5.74) is 1.04. The summed E-state index contributed by atoms with van der Waals surface area (Å²) in [6.07, 6.45) is 4.11. The van der Waals surface area contributed by atoms with Crippen LogP contribution in [0.3, 0.4) is 0 Å². The first-order valence-corrected chi connectivity index (χ1v) is 10.2. The zero-order chi connectivity index (χ0) is 19.6. The van der Waals surface area contributed by atoms with Crippen LogP contribution in [-0.2, 0) is 11.2 Å². The first-order chi connectivity index (χ1) is 14.3. The Morgan fingerprint density at radius 3 is 2.24 bits per heavy atom. The fraction of sp³-hybridized carbons (Fsp3) is 0.526. The van der Waals surface area contributed by atoms with Gasteiger partial charge in [-0.2, -0.15) is 14.6 Å². The van der Waals surface area contributed by atoms with Crippen molar-refractivity contribution in [2.75, 3.05) is 67.2 Å². The molecule has 0 amide bonds. The molecule has 0 aromatic carbocycles. The van der Waals surface area contributed by atoms with Crippen molar-refractivity contribution in [1.29, 1.82) is 0 Å². The molecule has 0 unspecified atom stereocenters. The van der Waals surface area contributed by atoms with Crippen LogP contribution >= 0.6 is 0 Å². The smallest absolute Gasteiger partial charge is 0.254 e. The lowest BCUT2D eigenvalue weighted by atomic mass is 10.2. The van der Waals surface area contributed by atoms with Gasteiger partial charge in [0.25, 0.3) is 5.78 Å². The first kappa shape index (κ1) is 18.0. The molecule has 0 bridgehead atoms. The summed E-state index contributed by atoms with van der Waals surface area (Å²) in [6, 6.07) is 4.22. The highest BCUT2D eigenvalue weighted by atomic mass is 16.5. The van der Waals surface area contributed by atoms with Crippen LogP contribution in [0, 0.1) is 0 Å². The van der Waals surface area contributed by atoms with Gasteiger partial charge in [0.15, 0.2) is 0 Å². The van der Waals surface area contributed by atoms with Gasteiger partial charge in [0.2, 0.25) is 0 Å². The monoisotopic (exact) mass is 395 g/mol. The van der Waals surface area contributed by atoms with E-state index in [1.807, 2.05) is 4.52 Å². The lowest BCUT2D eigenvalue weighted by Gasteiger charge is -2.37. The molecule has 0 radical (unpaired) electrons. The maximum Gasteiger partial charge on any atom is 0.254 e. The number of nitrogens with zero attached hydrogens (tertiary/aromatic N) is 9. The van der Waals surface area contributed by atoms with Gasteiger partial charge in [-0.1, -0.05) is 6.92 Å². The van der Waals surface area contributed by atoms with Crippen molar-refractivity contribution in [3.8, 4) is 0 Å². The van der Waals surface area contributed by atoms with Gasteiger partial charge in [-0.15, -0.1) is 0 Å². The molecule has 0 aliphatic carbocycles. The Balaban J connectivity index is 1.32. The van der Waals surface area contributed by atoms with E-state index in [4.69, 9.17) is 4.74 Å². The van der Waals surface area contributed by atoms with Crippen LogP contribution in [0.5, 0.6) is 0 Å². The molecule has 0 N–H and O–H groups in total. The third kappa shape index (κ3) is 3.55. The Bertz CT molecular complexity index is 977. The van der Waals surface area contributed by atoms with E-state index >= 15 is 0 Å². The number of hydrogen-bond donors (Lipinski definition) is 0. The normalized spacial score (nSPS) is 17.9. The van der Waals surface area contributed by atoms with Crippen LogP contribution < -0.4 is 14.7 Å². The SMILES string of the molecule is CCc1cc(N2CCN(c3cc(N4CCOCC4)ncn3)CC2)n2ncnc2n1. The van der Waals surface area contributed by atoms with Crippen LogP contribution in [0.1, 0.15) is 12.6 Å². The van der Waals surface area contributed by atoms with Crippen LogP contribution in [-0.4, -0.2) is 82.0 Å². The van der Waals surface area contributed by atoms with E-state index in [-0.39, 0.29) is 0 Å². The number of ether oxygens (including phenoxy) is 1. The number of hydrogen-bond acceptors (Lipinski definition) is 9. The van der Waals surface area contributed by atoms with E-state index in [2.05, 4.69) is 58.8 Å². The molecule has 0 spiro atoms. The number of aryl methyl sites for hydroxylation is 1. The molecule has 0 saturated carbocycles. The number of rotatable bonds is 4. The van der Waals surface area contributed by atoms with Crippen LogP contribution in [0.2, 0.25) is 0 Å². The summed E-state index contributed by atoms with van der Waals surface area (Å²) in [7, 11) is 0. The second-order valence-electron chi connectivity index (χ2n) is 7.24. The highest BCUT2D eigenvalue weighted by molar-refractivity contribution is 5.53. The van der Waals surface area contributed by atoms with Gasteiger partial charge >= 0.3 is 0 Å². The van der Waals surface area contributed by atoms with Crippen molar-refractivity contribution in [2.45, 2.75) is 13.3 Å². The van der Waals surface area contributed by atoms with Gasteiger partial charge in [-0.05, 0) is 6.42 Å². The minimum Gasteiger partial charge on any atom is -0.378 e. The lowest BCUT2D eigenvalue weighted by Crippen LogP contribution is -2.47. The Hall–Kier alpha value is -3.01. The molecule has 2 fully saturated rings. The van der Waals surface area contributed by atoms with Gasteiger partial charge < -0.3 is 19.4 Å². The number of piperazine rings is 1. The Morgan fingerprint density at radius 1 is 0.828 bits per heavy atom. The minimum atomic E-state index is 0.660. The van der Waals surface area contributed by atoms with Gasteiger partial charge in [0, 0.05) is 57.1 Å². The van der Waals surface area contributed by atoms with Crippen molar-refractivity contribution in [3.05, 3.63) is 30.5 Å². The van der Waals surface area contributed by atoms with E-state index < -0.39 is 0 Å². The molecule has 5 rings (SSSR count). The van der Waals surface area contributed by atoms with Crippen LogP contribution in [0.25, 0.3) is 5.78 Å². The largest absolute Gasteiger partial charge is 0.378 e. The maximum atomic E-state index is 5.45. The second-order valence-corrected chi connectivity index (χ2v) is 7.24. The summed E-state index contributed by atoms with van der Waals surface area (Å²) in [4.78, 5) is 24.7. The Labute approximate surface area is 169 Å². The molecule has 3 aromatic rings. The molecule has 2 aliphatic rings. The molecule has 2 saturated heterocycles. The summed E-state index contributed by atoms with van der Waals surface area (Å²) >= 11 is 0. The molecule has 3 aromatic heterocycles. The molecular formula is C19H25N9O. The van der Waals surface area contributed by atoms with Crippen LogP contribution in [0.15, 0.2) is 24.8 Å². The van der Waals surface area contributed by atoms with E-state index in [0.717, 1.165) is 82.1 Å². The Kier molecular flexibility index (Phi) is 4.84. The molecule has 29 heavy (non-hydrogen) atoms. The summed E-state index contributed by atoms with van der Waals surface area (Å²) in [6.45, 7) is 8.91. The standard InChI is InChI=1S/C19H25N9O/c1-2-15-11-18(28-19(24-15)22-14-23-28)27-5-3-25(4-6-27)16-12-17(21-13-20-16)26-7-9-29-10-8-26/h11-14H,2-10H2,1H3. The molecule has 10 nitrogen and oxygen atoms in total. The summed E-state index contributed by atoms with van der Waals surface area (Å²) in [5, 5.41) is 4.36. The Morgan fingerprint density at radius 2 is 1.52 bits per heavy atom. The zero-order valence-electron chi connectivity index (χ0n) is 16.6. The van der Waals surface area contributed by atoms with Crippen molar-refractivity contribution < 1.29 is 4.74 Å². The number of anilines is 3.